The molecule has 3 rings (SSSR count). The summed E-state index contributed by atoms with van der Waals surface area (Å²) in [5.41, 5.74) is 0.669. The lowest BCUT2D eigenvalue weighted by Gasteiger charge is -2.36. The Balaban J connectivity index is 1.61. The van der Waals surface area contributed by atoms with Crippen LogP contribution in [0, 0.1) is 25.5 Å². The maximum atomic E-state index is 13.8. The Hall–Kier alpha value is -2.12. The Labute approximate surface area is 145 Å². The van der Waals surface area contributed by atoms with E-state index < -0.39 is 17.7 Å². The third-order valence-electron chi connectivity index (χ3n) is 4.41. The summed E-state index contributed by atoms with van der Waals surface area (Å²) in [6.07, 6.45) is -1.18. The van der Waals surface area contributed by atoms with Gasteiger partial charge in [0.25, 0.3) is 0 Å². The molecule has 1 N–H and O–H groups in total. The summed E-state index contributed by atoms with van der Waals surface area (Å²) in [5.74, 6) is 0.212. The van der Waals surface area contributed by atoms with Crippen molar-refractivity contribution in [2.24, 2.45) is 0 Å². The lowest BCUT2D eigenvalue weighted by molar-refractivity contribution is 0.103. The van der Waals surface area contributed by atoms with E-state index in [0.29, 0.717) is 13.1 Å². The number of nitrogens with zero attached hydrogens (tertiary/aromatic N) is 4. The first kappa shape index (κ1) is 17.7. The standard InChI is InChI=1S/C18H22F2N4O/c1-12-10-17(22-13(2)21-12)24-8-6-23(7-9-24)11-16(25)18-14(19)4-3-5-15(18)20/h3-5,10,16,25H,6-9,11H2,1-2H3. The Morgan fingerprint density at radius 1 is 1.08 bits per heavy atom. The van der Waals surface area contributed by atoms with E-state index in [1.165, 1.54) is 18.2 Å². The fourth-order valence-electron chi connectivity index (χ4n) is 3.18. The molecule has 0 amide bonds. The van der Waals surface area contributed by atoms with Gasteiger partial charge in [-0.3, -0.25) is 4.90 Å². The molecule has 0 saturated carbocycles. The average Bonchev–Trinajstić information content (AvgIpc) is 2.54. The van der Waals surface area contributed by atoms with Crippen LogP contribution in [0.15, 0.2) is 24.3 Å². The van der Waals surface area contributed by atoms with Crippen molar-refractivity contribution in [2.45, 2.75) is 20.0 Å². The summed E-state index contributed by atoms with van der Waals surface area (Å²) >= 11 is 0. The van der Waals surface area contributed by atoms with E-state index in [9.17, 15) is 13.9 Å². The molecule has 0 radical (unpaired) electrons. The zero-order chi connectivity index (χ0) is 18.0. The molecule has 1 saturated heterocycles. The number of aliphatic hydroxyl groups excluding tert-OH is 1. The molecule has 7 heteroatoms. The fourth-order valence-corrected chi connectivity index (χ4v) is 3.18. The highest BCUT2D eigenvalue weighted by atomic mass is 19.1. The van der Waals surface area contributed by atoms with Crippen molar-refractivity contribution in [3.05, 3.63) is 53.0 Å². The van der Waals surface area contributed by atoms with E-state index in [1.807, 2.05) is 24.8 Å². The van der Waals surface area contributed by atoms with E-state index in [4.69, 9.17) is 0 Å². The third kappa shape index (κ3) is 4.11. The van der Waals surface area contributed by atoms with Gasteiger partial charge in [-0.1, -0.05) is 6.07 Å². The number of aliphatic hydroxyl groups is 1. The summed E-state index contributed by atoms with van der Waals surface area (Å²) in [6, 6.07) is 5.58. The number of rotatable bonds is 4. The Morgan fingerprint density at radius 2 is 1.72 bits per heavy atom. The third-order valence-corrected chi connectivity index (χ3v) is 4.41. The normalized spacial score (nSPS) is 16.9. The van der Waals surface area contributed by atoms with Gasteiger partial charge in [0.1, 0.15) is 23.3 Å². The molecular weight excluding hydrogens is 326 g/mol. The van der Waals surface area contributed by atoms with Crippen molar-refractivity contribution in [3.8, 4) is 0 Å². The van der Waals surface area contributed by atoms with Crippen LogP contribution in [0.2, 0.25) is 0 Å². The molecule has 1 unspecified atom stereocenters. The minimum absolute atomic E-state index is 0.202. The number of β-amino-alcohol motifs (C(OH)–C–C–N with tert-alkyl or cyclic N) is 1. The predicted octanol–water partition coefficient (Wildman–Crippen LogP) is 2.23. The Bertz CT molecular complexity index is 707. The average molecular weight is 348 g/mol. The number of benzene rings is 1. The molecule has 1 aromatic carbocycles. The second-order valence-electron chi connectivity index (χ2n) is 6.35. The summed E-state index contributed by atoms with van der Waals surface area (Å²) in [4.78, 5) is 12.9. The zero-order valence-electron chi connectivity index (χ0n) is 14.4. The molecular formula is C18H22F2N4O. The van der Waals surface area contributed by atoms with E-state index in [1.54, 1.807) is 0 Å². The number of piperazine rings is 1. The summed E-state index contributed by atoms with van der Waals surface area (Å²) in [7, 11) is 0. The van der Waals surface area contributed by atoms with Crippen LogP contribution in [0.5, 0.6) is 0 Å². The van der Waals surface area contributed by atoms with Gasteiger partial charge in [-0.2, -0.15) is 0 Å². The molecule has 1 aliphatic rings. The molecule has 5 nitrogen and oxygen atoms in total. The monoisotopic (exact) mass is 348 g/mol. The molecule has 2 heterocycles. The van der Waals surface area contributed by atoms with Crippen LogP contribution in [0.4, 0.5) is 14.6 Å². The van der Waals surface area contributed by atoms with Crippen molar-refractivity contribution in [1.29, 1.82) is 0 Å². The van der Waals surface area contributed by atoms with Crippen LogP contribution in [0.1, 0.15) is 23.2 Å². The fraction of sp³-hybridized carbons (Fsp3) is 0.444. The van der Waals surface area contributed by atoms with Gasteiger partial charge in [0, 0.05) is 44.5 Å². The molecule has 0 aliphatic carbocycles. The quantitative estimate of drug-likeness (QED) is 0.918. The summed E-state index contributed by atoms with van der Waals surface area (Å²) in [6.45, 7) is 6.86. The van der Waals surface area contributed by atoms with Gasteiger partial charge in [-0.15, -0.1) is 0 Å². The van der Waals surface area contributed by atoms with Crippen LogP contribution in [0.25, 0.3) is 0 Å². The largest absolute Gasteiger partial charge is 0.387 e. The van der Waals surface area contributed by atoms with Gasteiger partial charge in [-0.05, 0) is 26.0 Å². The first-order valence-electron chi connectivity index (χ1n) is 8.35. The predicted molar refractivity (Wildman–Crippen MR) is 91.5 cm³/mol. The summed E-state index contributed by atoms with van der Waals surface area (Å²) in [5, 5.41) is 10.2. The number of aryl methyl sites for hydroxylation is 2. The van der Waals surface area contributed by atoms with E-state index >= 15 is 0 Å². The molecule has 0 bridgehead atoms. The van der Waals surface area contributed by atoms with Crippen molar-refractivity contribution in [1.82, 2.24) is 14.9 Å². The maximum Gasteiger partial charge on any atom is 0.132 e. The van der Waals surface area contributed by atoms with Gasteiger partial charge >= 0.3 is 0 Å². The lowest BCUT2D eigenvalue weighted by atomic mass is 10.1. The van der Waals surface area contributed by atoms with Crippen LogP contribution in [-0.4, -0.2) is 52.7 Å². The highest BCUT2D eigenvalue weighted by Crippen LogP contribution is 2.22. The van der Waals surface area contributed by atoms with Crippen LogP contribution < -0.4 is 4.90 Å². The smallest absolute Gasteiger partial charge is 0.132 e. The van der Waals surface area contributed by atoms with Crippen LogP contribution in [-0.2, 0) is 0 Å². The molecule has 1 aliphatic heterocycles. The van der Waals surface area contributed by atoms with Gasteiger partial charge in [0.15, 0.2) is 0 Å². The Morgan fingerprint density at radius 3 is 2.32 bits per heavy atom. The number of hydrogen-bond acceptors (Lipinski definition) is 5. The number of hydrogen-bond donors (Lipinski definition) is 1. The highest BCUT2D eigenvalue weighted by molar-refractivity contribution is 5.40. The number of aromatic nitrogens is 2. The van der Waals surface area contributed by atoms with Crippen molar-refractivity contribution >= 4 is 5.82 Å². The summed E-state index contributed by atoms with van der Waals surface area (Å²) < 4.78 is 27.5. The van der Waals surface area contributed by atoms with Gasteiger partial charge in [0.05, 0.1) is 11.7 Å². The first-order valence-corrected chi connectivity index (χ1v) is 8.35. The number of anilines is 1. The molecule has 1 aromatic heterocycles. The first-order chi connectivity index (χ1) is 11.9. The second-order valence-corrected chi connectivity index (χ2v) is 6.35. The minimum Gasteiger partial charge on any atom is -0.387 e. The van der Waals surface area contributed by atoms with Gasteiger partial charge < -0.3 is 10.0 Å². The molecule has 25 heavy (non-hydrogen) atoms. The lowest BCUT2D eigenvalue weighted by Crippen LogP contribution is -2.48. The molecule has 1 atom stereocenters. The van der Waals surface area contributed by atoms with Crippen LogP contribution in [0.3, 0.4) is 0 Å². The topological polar surface area (TPSA) is 52.5 Å². The molecule has 0 spiro atoms. The maximum absolute atomic E-state index is 13.8. The minimum atomic E-state index is -1.18. The van der Waals surface area contributed by atoms with E-state index in [-0.39, 0.29) is 12.1 Å². The van der Waals surface area contributed by atoms with Crippen LogP contribution >= 0.6 is 0 Å². The van der Waals surface area contributed by atoms with E-state index in [0.717, 1.165) is 30.4 Å². The molecule has 2 aromatic rings. The van der Waals surface area contributed by atoms with Gasteiger partial charge in [0.2, 0.25) is 0 Å². The van der Waals surface area contributed by atoms with Crippen molar-refractivity contribution in [3.63, 3.8) is 0 Å². The van der Waals surface area contributed by atoms with Gasteiger partial charge in [-0.25, -0.2) is 18.7 Å². The van der Waals surface area contributed by atoms with E-state index in [2.05, 4.69) is 14.9 Å². The number of halogens is 2. The highest BCUT2D eigenvalue weighted by Gasteiger charge is 2.24. The zero-order valence-corrected chi connectivity index (χ0v) is 14.4. The Kier molecular flexibility index (Phi) is 5.24. The van der Waals surface area contributed by atoms with Crippen molar-refractivity contribution < 1.29 is 13.9 Å². The SMILES string of the molecule is Cc1cc(N2CCN(CC(O)c3c(F)cccc3F)CC2)nc(C)n1. The molecule has 134 valence electrons. The van der Waals surface area contributed by atoms with Crippen molar-refractivity contribution in [2.75, 3.05) is 37.6 Å². The molecule has 1 fully saturated rings. The second kappa shape index (κ2) is 7.41.